The van der Waals surface area contributed by atoms with Crippen LogP contribution in [0.4, 0.5) is 5.00 Å². The van der Waals surface area contributed by atoms with Gasteiger partial charge in [0.1, 0.15) is 24.2 Å². The molecule has 1 aliphatic heterocycles. The lowest BCUT2D eigenvalue weighted by atomic mass is 9.89. The Hall–Kier alpha value is -1.42. The van der Waals surface area contributed by atoms with Gasteiger partial charge in [-0.3, -0.25) is 4.79 Å². The number of nitrogens with zero attached hydrogens (tertiary/aromatic N) is 1. The van der Waals surface area contributed by atoms with Crippen molar-refractivity contribution in [3.63, 3.8) is 0 Å². The molecule has 1 fully saturated rings. The lowest BCUT2D eigenvalue weighted by Gasteiger charge is -2.22. The van der Waals surface area contributed by atoms with Gasteiger partial charge in [0.2, 0.25) is 0 Å². The van der Waals surface area contributed by atoms with E-state index in [-0.39, 0.29) is 5.91 Å². The zero-order chi connectivity index (χ0) is 15.5. The Morgan fingerprint density at radius 1 is 1.50 bits per heavy atom. The highest BCUT2D eigenvalue weighted by molar-refractivity contribution is 7.16. The van der Waals surface area contributed by atoms with Crippen LogP contribution in [-0.4, -0.2) is 38.8 Å². The third kappa shape index (κ3) is 3.32. The topological polar surface area (TPSA) is 66.6 Å². The first-order valence-corrected chi connectivity index (χ1v) is 8.74. The van der Waals surface area contributed by atoms with E-state index in [1.165, 1.54) is 15.3 Å². The molecule has 1 saturated heterocycles. The molecule has 2 N–H and O–H groups in total. The molecule has 2 heterocycles. The molecule has 1 unspecified atom stereocenters. The van der Waals surface area contributed by atoms with E-state index >= 15 is 0 Å². The molecule has 3 rings (SSSR count). The van der Waals surface area contributed by atoms with Gasteiger partial charge in [-0.2, -0.15) is 5.26 Å². The molecule has 0 bridgehead atoms. The molecule has 1 aliphatic carbocycles. The summed E-state index contributed by atoms with van der Waals surface area (Å²) in [4.78, 5) is 14.8. The van der Waals surface area contributed by atoms with Crippen LogP contribution in [0.15, 0.2) is 0 Å². The number of carbonyl (C=O) groups excluding carboxylic acids is 1. The number of morpholine rings is 1. The summed E-state index contributed by atoms with van der Waals surface area (Å²) in [6.45, 7) is 5.88. The minimum absolute atomic E-state index is 0.0000420. The first-order chi connectivity index (χ1) is 10.7. The Morgan fingerprint density at radius 2 is 2.27 bits per heavy atom. The zero-order valence-corrected chi connectivity index (χ0v) is 13.7. The summed E-state index contributed by atoms with van der Waals surface area (Å²) in [6, 6.07) is 2.30. The number of amides is 1. The Labute approximate surface area is 134 Å². The van der Waals surface area contributed by atoms with Crippen LogP contribution in [0.5, 0.6) is 0 Å². The average molecular weight is 320 g/mol. The van der Waals surface area contributed by atoms with Gasteiger partial charge in [0.05, 0.1) is 18.8 Å². The normalized spacial score (nSPS) is 21.9. The summed E-state index contributed by atoms with van der Waals surface area (Å²) in [5.41, 5.74) is 1.86. The summed E-state index contributed by atoms with van der Waals surface area (Å²) < 4.78 is 5.31. The first-order valence-electron chi connectivity index (χ1n) is 7.93. The molecular weight excluding hydrogens is 298 g/mol. The van der Waals surface area contributed by atoms with Crippen LogP contribution < -0.4 is 10.2 Å². The van der Waals surface area contributed by atoms with Crippen LogP contribution in [-0.2, 0) is 22.4 Å². The second-order valence-electron chi connectivity index (χ2n) is 6.26. The van der Waals surface area contributed by atoms with Crippen molar-refractivity contribution >= 4 is 22.2 Å². The largest absolute Gasteiger partial charge is 0.370 e. The summed E-state index contributed by atoms with van der Waals surface area (Å²) in [5.74, 6) is 0.666. The van der Waals surface area contributed by atoms with Crippen molar-refractivity contribution in [2.75, 3.05) is 38.2 Å². The molecule has 5 nitrogen and oxygen atoms in total. The highest BCUT2D eigenvalue weighted by Gasteiger charge is 2.25. The third-order valence-electron chi connectivity index (χ3n) is 4.49. The molecule has 0 saturated carbocycles. The van der Waals surface area contributed by atoms with Crippen LogP contribution >= 0.6 is 11.3 Å². The number of rotatable bonds is 3. The number of anilines is 1. The van der Waals surface area contributed by atoms with E-state index in [0.717, 1.165) is 50.6 Å². The summed E-state index contributed by atoms with van der Waals surface area (Å²) in [5, 5.41) is 13.2. The van der Waals surface area contributed by atoms with Crippen LogP contribution in [0.2, 0.25) is 0 Å². The number of nitriles is 1. The van der Waals surface area contributed by atoms with Gasteiger partial charge in [-0.15, -0.1) is 11.3 Å². The molecule has 1 atom stereocenters. The molecule has 22 heavy (non-hydrogen) atoms. The Kier molecular flexibility index (Phi) is 4.77. The Balaban J connectivity index is 1.69. The smallest absolute Gasteiger partial charge is 0.280 e. The molecule has 2 aliphatic rings. The van der Waals surface area contributed by atoms with Gasteiger partial charge in [0.25, 0.3) is 5.91 Å². The van der Waals surface area contributed by atoms with Gasteiger partial charge in [-0.1, -0.05) is 6.92 Å². The highest BCUT2D eigenvalue weighted by Crippen LogP contribution is 2.39. The molecule has 0 radical (unpaired) electrons. The van der Waals surface area contributed by atoms with Crippen LogP contribution in [0.3, 0.4) is 0 Å². The highest BCUT2D eigenvalue weighted by atomic mass is 32.1. The fourth-order valence-corrected chi connectivity index (χ4v) is 4.57. The van der Waals surface area contributed by atoms with E-state index < -0.39 is 0 Å². The standard InChI is InChI=1S/C16H21N3O2S/c1-11-2-3-12-13(9-17)16(22-14(12)8-11)18-15(20)10-19-4-6-21-7-5-19/h11H,2-8,10H2,1H3,(H,18,20)/p+1. The molecule has 1 aromatic heterocycles. The number of nitrogens with one attached hydrogen (secondary N) is 2. The number of thiophene rings is 1. The molecule has 118 valence electrons. The minimum atomic E-state index is 0.0000420. The maximum atomic E-state index is 12.3. The fraction of sp³-hybridized carbons (Fsp3) is 0.625. The van der Waals surface area contributed by atoms with E-state index in [1.807, 2.05) is 0 Å². The van der Waals surface area contributed by atoms with Crippen molar-refractivity contribution < 1.29 is 14.4 Å². The summed E-state index contributed by atoms with van der Waals surface area (Å²) in [6.07, 6.45) is 3.11. The molecular formula is C16H22N3O2S+. The van der Waals surface area contributed by atoms with Gasteiger partial charge in [-0.25, -0.2) is 0 Å². The Morgan fingerprint density at radius 3 is 3.00 bits per heavy atom. The SMILES string of the molecule is CC1CCc2c(sc(NC(=O)C[NH+]3CCOCC3)c2C#N)C1. The monoisotopic (exact) mass is 320 g/mol. The predicted octanol–water partition coefficient (Wildman–Crippen LogP) is 0.598. The molecule has 6 heteroatoms. The van der Waals surface area contributed by atoms with Crippen LogP contribution in [0.1, 0.15) is 29.3 Å². The summed E-state index contributed by atoms with van der Waals surface area (Å²) >= 11 is 1.59. The number of fused-ring (bicyclic) bond motifs is 1. The number of carbonyl (C=O) groups is 1. The summed E-state index contributed by atoms with van der Waals surface area (Å²) in [7, 11) is 0. The second kappa shape index (κ2) is 6.78. The number of quaternary nitrogens is 1. The second-order valence-corrected chi connectivity index (χ2v) is 7.36. The number of hydrogen-bond acceptors (Lipinski definition) is 4. The van der Waals surface area contributed by atoms with Crippen LogP contribution in [0.25, 0.3) is 0 Å². The molecule has 1 aromatic rings. The third-order valence-corrected chi connectivity index (χ3v) is 5.66. The first kappa shape index (κ1) is 15.5. The van der Waals surface area contributed by atoms with Gasteiger partial charge in [-0.05, 0) is 30.7 Å². The van der Waals surface area contributed by atoms with E-state index in [2.05, 4.69) is 18.3 Å². The van der Waals surface area contributed by atoms with E-state index in [4.69, 9.17) is 4.74 Å². The minimum Gasteiger partial charge on any atom is -0.370 e. The Bertz CT molecular complexity index is 599. The fourth-order valence-electron chi connectivity index (χ4n) is 3.19. The van der Waals surface area contributed by atoms with Crippen molar-refractivity contribution in [1.29, 1.82) is 5.26 Å². The van der Waals surface area contributed by atoms with Gasteiger partial charge in [0.15, 0.2) is 6.54 Å². The maximum absolute atomic E-state index is 12.3. The lowest BCUT2D eigenvalue weighted by Crippen LogP contribution is -3.15. The number of hydrogen-bond donors (Lipinski definition) is 2. The van der Waals surface area contributed by atoms with Crippen molar-refractivity contribution in [1.82, 2.24) is 0 Å². The van der Waals surface area contributed by atoms with E-state index in [0.29, 0.717) is 18.0 Å². The van der Waals surface area contributed by atoms with E-state index in [1.54, 1.807) is 11.3 Å². The maximum Gasteiger partial charge on any atom is 0.280 e. The molecule has 0 aromatic carbocycles. The number of ether oxygens (including phenoxy) is 1. The van der Waals surface area contributed by atoms with Crippen molar-refractivity contribution in [3.8, 4) is 6.07 Å². The quantitative estimate of drug-likeness (QED) is 0.857. The average Bonchev–Trinajstić information content (AvgIpc) is 2.84. The lowest BCUT2D eigenvalue weighted by molar-refractivity contribution is -0.899. The molecule has 1 amide bonds. The molecule has 0 spiro atoms. The van der Waals surface area contributed by atoms with Crippen molar-refractivity contribution in [3.05, 3.63) is 16.0 Å². The van der Waals surface area contributed by atoms with E-state index in [9.17, 15) is 10.1 Å². The van der Waals surface area contributed by atoms with Gasteiger partial charge in [0, 0.05) is 4.88 Å². The van der Waals surface area contributed by atoms with Crippen molar-refractivity contribution in [2.24, 2.45) is 5.92 Å². The van der Waals surface area contributed by atoms with Gasteiger partial charge < -0.3 is 15.0 Å². The zero-order valence-electron chi connectivity index (χ0n) is 12.9. The van der Waals surface area contributed by atoms with Crippen molar-refractivity contribution in [2.45, 2.75) is 26.2 Å². The van der Waals surface area contributed by atoms with Crippen LogP contribution in [0, 0.1) is 17.2 Å². The predicted molar refractivity (Wildman–Crippen MR) is 85.2 cm³/mol. The van der Waals surface area contributed by atoms with Gasteiger partial charge >= 0.3 is 0 Å².